The molecule has 0 bridgehead atoms. The van der Waals surface area contributed by atoms with E-state index in [9.17, 15) is 19.8 Å². The highest BCUT2D eigenvalue weighted by atomic mass is 16.5. The molecule has 1 amide bonds. The van der Waals surface area contributed by atoms with Crippen LogP contribution in [0.4, 0.5) is 0 Å². The summed E-state index contributed by atoms with van der Waals surface area (Å²) >= 11 is 0. The minimum atomic E-state index is -0.664. The molecule has 0 saturated heterocycles. The fraction of sp³-hybridized carbons (Fsp3) is 0.897. The van der Waals surface area contributed by atoms with Crippen LogP contribution in [0, 0.1) is 0 Å². The molecule has 0 aromatic rings. The molecule has 6 nitrogen and oxygen atoms in total. The van der Waals surface area contributed by atoms with Gasteiger partial charge in [-0.05, 0) is 83.5 Å². The minimum absolute atomic E-state index is 0.00686. The second kappa shape index (κ2) is 73.5. The zero-order valence-electron chi connectivity index (χ0n) is 56.9. The largest absolute Gasteiger partial charge is 0.466 e. The molecule has 0 rings (SSSR count). The molecule has 0 saturated carbocycles. The lowest BCUT2D eigenvalue weighted by molar-refractivity contribution is -0.143. The van der Waals surface area contributed by atoms with Crippen LogP contribution < -0.4 is 5.32 Å². The topological polar surface area (TPSA) is 95.9 Å². The Balaban J connectivity index is 3.38. The summed E-state index contributed by atoms with van der Waals surface area (Å²) in [5.74, 6) is -0.0220. The van der Waals surface area contributed by atoms with Crippen LogP contribution >= 0.6 is 0 Å². The van der Waals surface area contributed by atoms with Crippen LogP contribution in [0.3, 0.4) is 0 Å². The Bertz CT molecular complexity index is 1360. The van der Waals surface area contributed by atoms with Crippen LogP contribution in [-0.2, 0) is 14.3 Å². The van der Waals surface area contributed by atoms with E-state index >= 15 is 0 Å². The molecule has 0 heterocycles. The Morgan fingerprint density at radius 2 is 0.595 bits per heavy atom. The molecule has 0 fully saturated rings. The number of rotatable bonds is 72. The number of hydrogen-bond acceptors (Lipinski definition) is 5. The summed E-state index contributed by atoms with van der Waals surface area (Å²) in [4.78, 5) is 24.6. The van der Waals surface area contributed by atoms with Crippen LogP contribution in [0.5, 0.6) is 0 Å². The van der Waals surface area contributed by atoms with E-state index in [-0.39, 0.29) is 18.5 Å². The average molecular weight is 1180 g/mol. The third-order valence-electron chi connectivity index (χ3n) is 17.9. The van der Waals surface area contributed by atoms with E-state index in [4.69, 9.17) is 4.74 Å². The van der Waals surface area contributed by atoms with Crippen molar-refractivity contribution >= 4 is 11.9 Å². The van der Waals surface area contributed by atoms with Crippen molar-refractivity contribution in [3.8, 4) is 0 Å². The third kappa shape index (κ3) is 69.2. The molecule has 2 atom stereocenters. The van der Waals surface area contributed by atoms with Crippen molar-refractivity contribution in [3.63, 3.8) is 0 Å². The molecule has 3 N–H and O–H groups in total. The van der Waals surface area contributed by atoms with Crippen molar-refractivity contribution in [2.45, 2.75) is 437 Å². The number of esters is 1. The molecular weight excluding hydrogens is 1030 g/mol. The quantitative estimate of drug-likeness (QED) is 0.0320. The molecule has 0 aromatic carbocycles. The number of hydrogen-bond donors (Lipinski definition) is 3. The predicted octanol–water partition coefficient (Wildman–Crippen LogP) is 25.0. The van der Waals surface area contributed by atoms with Crippen molar-refractivity contribution in [3.05, 3.63) is 36.5 Å². The van der Waals surface area contributed by atoms with Gasteiger partial charge in [-0.2, -0.15) is 0 Å². The fourth-order valence-corrected chi connectivity index (χ4v) is 12.1. The molecule has 496 valence electrons. The van der Waals surface area contributed by atoms with Crippen molar-refractivity contribution in [1.82, 2.24) is 5.32 Å². The van der Waals surface area contributed by atoms with Gasteiger partial charge in [0.1, 0.15) is 0 Å². The molecule has 6 heteroatoms. The van der Waals surface area contributed by atoms with E-state index in [1.54, 1.807) is 0 Å². The number of ether oxygens (including phenoxy) is 1. The van der Waals surface area contributed by atoms with Gasteiger partial charge < -0.3 is 20.3 Å². The number of nitrogens with one attached hydrogen (secondary N) is 1. The SMILES string of the molecule is CCCCCCCC/C=C\CCCCCCCC(=O)OCCCCCCCCCCC/C=C\C/C=C\CCCCCCCCCCCCCCCCCCCC(=O)NC(CO)C(O)CCCCCCCCCCCCCCCCCCCCC. The summed E-state index contributed by atoms with van der Waals surface area (Å²) in [5, 5.41) is 23.4. The Morgan fingerprint density at radius 3 is 0.917 bits per heavy atom. The first kappa shape index (κ1) is 82.1. The number of carbonyl (C=O) groups is 2. The number of amides is 1. The van der Waals surface area contributed by atoms with Gasteiger partial charge in [0.25, 0.3) is 0 Å². The summed E-state index contributed by atoms with van der Waals surface area (Å²) < 4.78 is 5.49. The number of aliphatic hydroxyl groups is 2. The number of allylic oxidation sites excluding steroid dienone is 6. The van der Waals surface area contributed by atoms with Crippen LogP contribution in [0.15, 0.2) is 36.5 Å². The second-order valence-corrected chi connectivity index (χ2v) is 26.3. The van der Waals surface area contributed by atoms with Crippen LogP contribution in [0.25, 0.3) is 0 Å². The number of unbranched alkanes of at least 4 members (excludes halogenated alkanes) is 55. The summed E-state index contributed by atoms with van der Waals surface area (Å²) in [7, 11) is 0. The highest BCUT2D eigenvalue weighted by Crippen LogP contribution is 2.19. The Morgan fingerprint density at radius 1 is 0.333 bits per heavy atom. The molecule has 0 radical (unpaired) electrons. The first-order valence-electron chi connectivity index (χ1n) is 38.2. The predicted molar refractivity (Wildman–Crippen MR) is 370 cm³/mol. The Hall–Kier alpha value is -1.92. The standard InChI is InChI=1S/C78H149NO5/c1-3-5-7-9-11-13-15-17-19-20-36-39-43-46-50-54-58-62-66-70-76(81)75(74-80)79-77(82)71-67-63-59-55-51-47-44-40-37-34-32-30-28-26-24-22-21-23-25-27-29-31-33-35-38-41-45-49-53-57-61-65-69-73-84-78(83)72-68-64-60-56-52-48-42-18-16-14-12-10-8-6-4-2/h18,25,27,31,33,42,75-76,80-81H,3-17,19-24,26,28-30,32,34-41,43-74H2,1-2H3,(H,79,82)/b27-25-,33-31-,42-18-. The molecule has 0 spiro atoms. The van der Waals surface area contributed by atoms with Crippen LogP contribution in [0.2, 0.25) is 0 Å². The zero-order valence-corrected chi connectivity index (χ0v) is 56.9. The van der Waals surface area contributed by atoms with Crippen molar-refractivity contribution in [2.24, 2.45) is 0 Å². The van der Waals surface area contributed by atoms with E-state index in [1.165, 1.54) is 340 Å². The summed E-state index contributed by atoms with van der Waals surface area (Å²) in [5.41, 5.74) is 0. The van der Waals surface area contributed by atoms with E-state index in [2.05, 4.69) is 55.6 Å². The monoisotopic (exact) mass is 1180 g/mol. The lowest BCUT2D eigenvalue weighted by atomic mass is 10.0. The van der Waals surface area contributed by atoms with Gasteiger partial charge in [0, 0.05) is 12.8 Å². The Kier molecular flexibility index (Phi) is 71.9. The van der Waals surface area contributed by atoms with Gasteiger partial charge in [-0.3, -0.25) is 9.59 Å². The third-order valence-corrected chi connectivity index (χ3v) is 17.9. The van der Waals surface area contributed by atoms with E-state index in [0.29, 0.717) is 25.9 Å². The molecule has 0 aliphatic rings. The first-order valence-corrected chi connectivity index (χ1v) is 38.2. The van der Waals surface area contributed by atoms with Gasteiger partial charge in [0.15, 0.2) is 0 Å². The summed E-state index contributed by atoms with van der Waals surface area (Å²) in [6.45, 7) is 4.98. The summed E-state index contributed by atoms with van der Waals surface area (Å²) in [6, 6.07) is -0.541. The van der Waals surface area contributed by atoms with Crippen LogP contribution in [0.1, 0.15) is 425 Å². The van der Waals surface area contributed by atoms with Gasteiger partial charge in [0.2, 0.25) is 5.91 Å². The number of aliphatic hydroxyl groups excluding tert-OH is 2. The molecular formula is C78H149NO5. The van der Waals surface area contributed by atoms with Crippen molar-refractivity contribution in [1.29, 1.82) is 0 Å². The second-order valence-electron chi connectivity index (χ2n) is 26.3. The summed E-state index contributed by atoms with van der Waals surface area (Å²) in [6.07, 6.45) is 95.1. The molecule has 0 aromatic heterocycles. The van der Waals surface area contributed by atoms with E-state index in [0.717, 1.165) is 51.4 Å². The average Bonchev–Trinajstić information content (AvgIpc) is 3.51. The van der Waals surface area contributed by atoms with E-state index < -0.39 is 12.1 Å². The molecule has 2 unspecified atom stereocenters. The normalized spacial score (nSPS) is 12.7. The number of carbonyl (C=O) groups excluding carboxylic acids is 2. The maximum absolute atomic E-state index is 12.5. The van der Waals surface area contributed by atoms with Crippen molar-refractivity contribution in [2.75, 3.05) is 13.2 Å². The van der Waals surface area contributed by atoms with Crippen LogP contribution in [-0.4, -0.2) is 47.4 Å². The smallest absolute Gasteiger partial charge is 0.305 e. The Labute approximate surface area is 525 Å². The molecule has 0 aliphatic heterocycles. The highest BCUT2D eigenvalue weighted by Gasteiger charge is 2.20. The lowest BCUT2D eigenvalue weighted by Gasteiger charge is -2.22. The maximum atomic E-state index is 12.5. The van der Waals surface area contributed by atoms with Gasteiger partial charge in [-0.25, -0.2) is 0 Å². The maximum Gasteiger partial charge on any atom is 0.305 e. The van der Waals surface area contributed by atoms with Crippen molar-refractivity contribution < 1.29 is 24.5 Å². The van der Waals surface area contributed by atoms with Gasteiger partial charge >= 0.3 is 5.97 Å². The lowest BCUT2D eigenvalue weighted by Crippen LogP contribution is -2.45. The highest BCUT2D eigenvalue weighted by molar-refractivity contribution is 5.76. The fourth-order valence-electron chi connectivity index (χ4n) is 12.1. The first-order chi connectivity index (χ1) is 41.5. The van der Waals surface area contributed by atoms with E-state index in [1.807, 2.05) is 0 Å². The zero-order chi connectivity index (χ0) is 60.6. The van der Waals surface area contributed by atoms with Gasteiger partial charge in [-0.1, -0.05) is 365 Å². The molecule has 0 aliphatic carbocycles. The molecule has 84 heavy (non-hydrogen) atoms. The minimum Gasteiger partial charge on any atom is -0.466 e. The van der Waals surface area contributed by atoms with Gasteiger partial charge in [0.05, 0.1) is 25.4 Å². The van der Waals surface area contributed by atoms with Gasteiger partial charge in [-0.15, -0.1) is 0 Å².